The van der Waals surface area contributed by atoms with E-state index in [1.807, 2.05) is 0 Å². The molecule has 0 unspecified atom stereocenters. The van der Waals surface area contributed by atoms with Crippen molar-refractivity contribution in [3.8, 4) is 0 Å². The number of carbonyl (C=O) groups excluding carboxylic acids is 1. The lowest BCUT2D eigenvalue weighted by molar-refractivity contribution is -0.134. The minimum Gasteiger partial charge on any atom is -0.299 e. The maximum absolute atomic E-state index is 12.1. The number of allylic oxidation sites excluding steroid dienone is 3. The van der Waals surface area contributed by atoms with Crippen LogP contribution in [0.2, 0.25) is 0 Å². The van der Waals surface area contributed by atoms with Crippen LogP contribution in [0.15, 0.2) is 24.3 Å². The molecule has 0 aromatic heterocycles. The summed E-state index contributed by atoms with van der Waals surface area (Å²) in [5, 5.41) is 0. The second-order valence-corrected chi connectivity index (χ2v) is 7.93. The normalized spacial score (nSPS) is 48.0. The fourth-order valence-corrected chi connectivity index (χ4v) is 5.33. The van der Waals surface area contributed by atoms with Gasteiger partial charge in [-0.05, 0) is 49.4 Å². The maximum atomic E-state index is 12.1. The molecule has 20 heavy (non-hydrogen) atoms. The number of hydrogen-bond donors (Lipinski definition) is 0. The molecule has 0 amide bonds. The highest BCUT2D eigenvalue weighted by Crippen LogP contribution is 2.60. The zero-order valence-electron chi connectivity index (χ0n) is 13.2. The summed E-state index contributed by atoms with van der Waals surface area (Å²) in [5.74, 6) is 2.11. The van der Waals surface area contributed by atoms with E-state index < -0.39 is 0 Å². The fourth-order valence-electron chi connectivity index (χ4n) is 5.33. The molecule has 0 aromatic rings. The zero-order chi connectivity index (χ0) is 14.5. The Morgan fingerprint density at radius 1 is 1.25 bits per heavy atom. The van der Waals surface area contributed by atoms with E-state index >= 15 is 0 Å². The number of hydrogen-bond acceptors (Lipinski definition) is 1. The van der Waals surface area contributed by atoms with Gasteiger partial charge in [-0.25, -0.2) is 0 Å². The third-order valence-electron chi connectivity index (χ3n) is 6.81. The Hall–Kier alpha value is -0.850. The van der Waals surface area contributed by atoms with Crippen molar-refractivity contribution in [2.45, 2.75) is 59.3 Å². The molecule has 2 saturated carbocycles. The van der Waals surface area contributed by atoms with Gasteiger partial charge >= 0.3 is 0 Å². The van der Waals surface area contributed by atoms with Crippen molar-refractivity contribution in [1.29, 1.82) is 0 Å². The number of Topliss-reactive ketones (excluding diaryl/α,β-unsaturated/α-hetero) is 1. The quantitative estimate of drug-likeness (QED) is 0.618. The van der Waals surface area contributed by atoms with E-state index in [2.05, 4.69) is 39.5 Å². The molecule has 0 aromatic carbocycles. The van der Waals surface area contributed by atoms with E-state index in [9.17, 15) is 4.79 Å². The number of fused-ring (bicyclic) bond motifs is 3. The van der Waals surface area contributed by atoms with Gasteiger partial charge in [0.05, 0.1) is 0 Å². The monoisotopic (exact) mass is 272 g/mol. The van der Waals surface area contributed by atoms with Gasteiger partial charge in [-0.15, -0.1) is 6.58 Å². The summed E-state index contributed by atoms with van der Waals surface area (Å²) in [6.45, 7) is 11.0. The van der Waals surface area contributed by atoms with Crippen molar-refractivity contribution in [3.63, 3.8) is 0 Å². The molecule has 0 heterocycles. The van der Waals surface area contributed by atoms with Gasteiger partial charge < -0.3 is 0 Å². The van der Waals surface area contributed by atoms with Gasteiger partial charge in [-0.3, -0.25) is 4.79 Å². The summed E-state index contributed by atoms with van der Waals surface area (Å²) in [4.78, 5) is 12.1. The van der Waals surface area contributed by atoms with E-state index in [1.165, 1.54) is 25.7 Å². The van der Waals surface area contributed by atoms with Gasteiger partial charge in [-0.2, -0.15) is 0 Å². The molecule has 2 fully saturated rings. The summed E-state index contributed by atoms with van der Waals surface area (Å²) >= 11 is 0. The Balaban J connectivity index is 1.95. The van der Waals surface area contributed by atoms with Crippen LogP contribution in [0.4, 0.5) is 0 Å². The highest BCUT2D eigenvalue weighted by atomic mass is 16.1. The van der Waals surface area contributed by atoms with E-state index in [0.29, 0.717) is 23.0 Å². The van der Waals surface area contributed by atoms with Crippen molar-refractivity contribution in [2.24, 2.45) is 28.6 Å². The first kappa shape index (κ1) is 14.1. The topological polar surface area (TPSA) is 17.1 Å². The second-order valence-electron chi connectivity index (χ2n) is 7.93. The lowest BCUT2D eigenvalue weighted by Gasteiger charge is -2.55. The molecule has 1 heteroatoms. The number of rotatable bonds is 1. The molecule has 0 spiro atoms. The van der Waals surface area contributed by atoms with Crippen LogP contribution in [0, 0.1) is 28.6 Å². The number of ketones is 1. The van der Waals surface area contributed by atoms with E-state index in [1.54, 1.807) is 5.57 Å². The third-order valence-corrected chi connectivity index (χ3v) is 6.81. The minimum atomic E-state index is 0.200. The van der Waals surface area contributed by atoms with Gasteiger partial charge in [0.1, 0.15) is 5.78 Å². The molecule has 0 N–H and O–H groups in total. The molecule has 3 rings (SSSR count). The van der Waals surface area contributed by atoms with Crippen LogP contribution in [-0.2, 0) is 4.79 Å². The molecular weight excluding hydrogens is 244 g/mol. The Morgan fingerprint density at radius 3 is 2.70 bits per heavy atom. The van der Waals surface area contributed by atoms with Crippen molar-refractivity contribution < 1.29 is 4.79 Å². The molecule has 0 radical (unpaired) electrons. The predicted octanol–water partition coefficient (Wildman–Crippen LogP) is 4.93. The summed E-state index contributed by atoms with van der Waals surface area (Å²) in [6.07, 6.45) is 11.4. The first-order chi connectivity index (χ1) is 9.39. The van der Waals surface area contributed by atoms with Gasteiger partial charge in [0.15, 0.2) is 0 Å². The van der Waals surface area contributed by atoms with Crippen LogP contribution < -0.4 is 0 Å². The Kier molecular flexibility index (Phi) is 3.23. The predicted molar refractivity (Wildman–Crippen MR) is 83.3 cm³/mol. The van der Waals surface area contributed by atoms with Gasteiger partial charge in [0.2, 0.25) is 0 Å². The molecular formula is C19H28O. The summed E-state index contributed by atoms with van der Waals surface area (Å²) in [5.41, 5.74) is 2.23. The Labute approximate surface area is 123 Å². The highest BCUT2D eigenvalue weighted by Gasteiger charge is 2.52. The SMILES string of the molecule is C=C[C@@]1(C)C=C2CC[C@H]3[C@@H](C)C(=O)CC[C@]3(C)[C@@H]2CC1. The average Bonchev–Trinajstić information content (AvgIpc) is 2.43. The molecule has 0 bridgehead atoms. The molecule has 5 atom stereocenters. The van der Waals surface area contributed by atoms with Gasteiger partial charge in [0, 0.05) is 17.8 Å². The van der Waals surface area contributed by atoms with E-state index in [0.717, 1.165) is 12.8 Å². The van der Waals surface area contributed by atoms with Crippen molar-refractivity contribution >= 4 is 5.78 Å². The Bertz CT molecular complexity index is 474. The molecule has 0 saturated heterocycles. The summed E-state index contributed by atoms with van der Waals surface area (Å²) < 4.78 is 0. The fraction of sp³-hybridized carbons (Fsp3) is 0.737. The zero-order valence-corrected chi connectivity index (χ0v) is 13.2. The minimum absolute atomic E-state index is 0.200. The van der Waals surface area contributed by atoms with Crippen LogP contribution in [-0.4, -0.2) is 5.78 Å². The number of carbonyl (C=O) groups is 1. The van der Waals surface area contributed by atoms with Gasteiger partial charge in [-0.1, -0.05) is 38.5 Å². The van der Waals surface area contributed by atoms with Crippen molar-refractivity contribution in [2.75, 3.05) is 0 Å². The van der Waals surface area contributed by atoms with Crippen LogP contribution in [0.25, 0.3) is 0 Å². The van der Waals surface area contributed by atoms with E-state index in [4.69, 9.17) is 0 Å². The first-order valence-corrected chi connectivity index (χ1v) is 8.27. The maximum Gasteiger partial charge on any atom is 0.136 e. The molecule has 3 aliphatic carbocycles. The van der Waals surface area contributed by atoms with Crippen LogP contribution >= 0.6 is 0 Å². The Morgan fingerprint density at radius 2 is 2.00 bits per heavy atom. The first-order valence-electron chi connectivity index (χ1n) is 8.27. The van der Waals surface area contributed by atoms with Crippen LogP contribution in [0.1, 0.15) is 59.3 Å². The average molecular weight is 272 g/mol. The molecule has 110 valence electrons. The highest BCUT2D eigenvalue weighted by molar-refractivity contribution is 5.82. The summed E-state index contributed by atoms with van der Waals surface area (Å²) in [7, 11) is 0. The molecule has 0 aliphatic heterocycles. The van der Waals surface area contributed by atoms with Crippen molar-refractivity contribution in [1.82, 2.24) is 0 Å². The van der Waals surface area contributed by atoms with Crippen LogP contribution in [0.5, 0.6) is 0 Å². The molecule has 1 nitrogen and oxygen atoms in total. The lowest BCUT2D eigenvalue weighted by Crippen LogP contribution is -2.49. The van der Waals surface area contributed by atoms with Gasteiger partial charge in [0.25, 0.3) is 0 Å². The molecule has 3 aliphatic rings. The largest absolute Gasteiger partial charge is 0.299 e. The lowest BCUT2D eigenvalue weighted by atomic mass is 9.48. The van der Waals surface area contributed by atoms with E-state index in [-0.39, 0.29) is 11.3 Å². The summed E-state index contributed by atoms with van der Waals surface area (Å²) in [6, 6.07) is 0. The third kappa shape index (κ3) is 1.93. The van der Waals surface area contributed by atoms with Crippen LogP contribution in [0.3, 0.4) is 0 Å². The standard InChI is InChI=1S/C19H28O/c1-5-18(3)10-8-16-14(12-18)6-7-15-13(2)17(20)9-11-19(15,16)4/h5,12-13,15-16H,1,6-11H2,2-4H3/t13-,15+,16-,18-,19+/m1/s1. The van der Waals surface area contributed by atoms with Crippen molar-refractivity contribution in [3.05, 3.63) is 24.3 Å². The smallest absolute Gasteiger partial charge is 0.136 e. The second kappa shape index (κ2) is 4.58.